The lowest BCUT2D eigenvalue weighted by Crippen LogP contribution is -2.28. The molecule has 0 bridgehead atoms. The van der Waals surface area contributed by atoms with Gasteiger partial charge in [0.15, 0.2) is 12.4 Å². The maximum atomic E-state index is 12.9. The van der Waals surface area contributed by atoms with Crippen molar-refractivity contribution in [3.8, 4) is 5.75 Å². The van der Waals surface area contributed by atoms with Gasteiger partial charge in [-0.1, -0.05) is 6.08 Å². The van der Waals surface area contributed by atoms with E-state index < -0.39 is 0 Å². The van der Waals surface area contributed by atoms with E-state index in [2.05, 4.69) is 11.9 Å². The third kappa shape index (κ3) is 4.78. The molecule has 5 heteroatoms. The number of amides is 1. The van der Waals surface area contributed by atoms with Gasteiger partial charge < -0.3 is 10.1 Å². The average molecular weight is 313 g/mol. The van der Waals surface area contributed by atoms with Gasteiger partial charge in [-0.3, -0.25) is 9.59 Å². The first-order valence-electron chi connectivity index (χ1n) is 7.01. The summed E-state index contributed by atoms with van der Waals surface area (Å²) in [6, 6.07) is 11.8. The first kappa shape index (κ1) is 16.4. The molecule has 0 heterocycles. The Balaban J connectivity index is 1.96. The third-order valence-electron chi connectivity index (χ3n) is 3.04. The van der Waals surface area contributed by atoms with Crippen molar-refractivity contribution in [1.82, 2.24) is 5.32 Å². The fraction of sp³-hybridized carbons (Fsp3) is 0.111. The Labute approximate surface area is 133 Å². The van der Waals surface area contributed by atoms with Crippen LogP contribution >= 0.6 is 0 Å². The molecular formula is C18H16FNO3. The van der Waals surface area contributed by atoms with Crippen molar-refractivity contribution in [2.75, 3.05) is 13.2 Å². The van der Waals surface area contributed by atoms with E-state index in [1.807, 2.05) is 0 Å². The maximum Gasteiger partial charge on any atom is 0.258 e. The lowest BCUT2D eigenvalue weighted by molar-refractivity contribution is -0.122. The van der Waals surface area contributed by atoms with Gasteiger partial charge in [-0.2, -0.15) is 0 Å². The van der Waals surface area contributed by atoms with Crippen LogP contribution in [-0.2, 0) is 4.79 Å². The number of hydrogen-bond donors (Lipinski definition) is 1. The number of halogens is 1. The van der Waals surface area contributed by atoms with Crippen molar-refractivity contribution < 1.29 is 18.7 Å². The van der Waals surface area contributed by atoms with Gasteiger partial charge >= 0.3 is 0 Å². The van der Waals surface area contributed by atoms with E-state index in [9.17, 15) is 14.0 Å². The molecule has 0 aliphatic heterocycles. The standard InChI is InChI=1S/C18H16FNO3/c1-2-11-20-17(21)12-23-16-9-5-14(6-10-16)18(22)13-3-7-15(19)8-4-13/h2-10H,1,11-12H2,(H,20,21). The van der Waals surface area contributed by atoms with Crippen molar-refractivity contribution >= 4 is 11.7 Å². The number of nitrogens with one attached hydrogen (secondary N) is 1. The molecule has 0 aromatic heterocycles. The van der Waals surface area contributed by atoms with Gasteiger partial charge in [-0.05, 0) is 48.5 Å². The zero-order chi connectivity index (χ0) is 16.7. The summed E-state index contributed by atoms with van der Waals surface area (Å²) in [6.07, 6.45) is 1.58. The van der Waals surface area contributed by atoms with Crippen LogP contribution in [0.4, 0.5) is 4.39 Å². The molecule has 0 spiro atoms. The molecule has 0 radical (unpaired) electrons. The SMILES string of the molecule is C=CCNC(=O)COc1ccc(C(=O)c2ccc(F)cc2)cc1. The lowest BCUT2D eigenvalue weighted by atomic mass is 10.0. The van der Waals surface area contributed by atoms with Crippen LogP contribution in [0, 0.1) is 5.82 Å². The molecule has 0 aliphatic rings. The van der Waals surface area contributed by atoms with Gasteiger partial charge in [0.05, 0.1) is 0 Å². The number of ether oxygens (including phenoxy) is 1. The highest BCUT2D eigenvalue weighted by atomic mass is 19.1. The Morgan fingerprint density at radius 2 is 1.61 bits per heavy atom. The Morgan fingerprint density at radius 3 is 2.17 bits per heavy atom. The van der Waals surface area contributed by atoms with E-state index in [0.29, 0.717) is 23.4 Å². The van der Waals surface area contributed by atoms with Crippen LogP contribution in [0.1, 0.15) is 15.9 Å². The Hall–Kier alpha value is -2.95. The minimum Gasteiger partial charge on any atom is -0.484 e. The molecule has 0 atom stereocenters. The van der Waals surface area contributed by atoms with Gasteiger partial charge in [0.25, 0.3) is 5.91 Å². The number of carbonyl (C=O) groups is 2. The topological polar surface area (TPSA) is 55.4 Å². The molecule has 2 aromatic carbocycles. The minimum atomic E-state index is -0.389. The van der Waals surface area contributed by atoms with Crippen molar-refractivity contribution in [3.63, 3.8) is 0 Å². The molecule has 0 aliphatic carbocycles. The number of benzene rings is 2. The summed E-state index contributed by atoms with van der Waals surface area (Å²) in [5.74, 6) is -0.369. The van der Waals surface area contributed by atoms with Crippen molar-refractivity contribution in [2.24, 2.45) is 0 Å². The average Bonchev–Trinajstić information content (AvgIpc) is 2.58. The normalized spacial score (nSPS) is 9.96. The fourth-order valence-electron chi connectivity index (χ4n) is 1.86. The van der Waals surface area contributed by atoms with Crippen LogP contribution in [-0.4, -0.2) is 24.8 Å². The molecule has 118 valence electrons. The molecule has 0 fully saturated rings. The molecule has 23 heavy (non-hydrogen) atoms. The highest BCUT2D eigenvalue weighted by molar-refractivity contribution is 6.09. The van der Waals surface area contributed by atoms with Crippen LogP contribution in [0.25, 0.3) is 0 Å². The van der Waals surface area contributed by atoms with Gasteiger partial charge in [-0.25, -0.2) is 4.39 Å². The van der Waals surface area contributed by atoms with E-state index in [4.69, 9.17) is 4.74 Å². The van der Waals surface area contributed by atoms with Gasteiger partial charge in [0, 0.05) is 17.7 Å². The molecular weight excluding hydrogens is 297 g/mol. The first-order chi connectivity index (χ1) is 11.1. The molecule has 1 N–H and O–H groups in total. The second kappa shape index (κ2) is 7.89. The second-order valence-corrected chi connectivity index (χ2v) is 4.74. The van der Waals surface area contributed by atoms with Crippen LogP contribution in [0.5, 0.6) is 5.75 Å². The Bertz CT molecular complexity index is 693. The number of carbonyl (C=O) groups excluding carboxylic acids is 2. The van der Waals surface area contributed by atoms with Crippen molar-refractivity contribution in [1.29, 1.82) is 0 Å². The van der Waals surface area contributed by atoms with E-state index in [1.54, 1.807) is 30.3 Å². The van der Waals surface area contributed by atoms with Crippen LogP contribution in [0.15, 0.2) is 61.2 Å². The van der Waals surface area contributed by atoms with Crippen LogP contribution < -0.4 is 10.1 Å². The number of rotatable bonds is 7. The van der Waals surface area contributed by atoms with E-state index in [1.165, 1.54) is 24.3 Å². The lowest BCUT2D eigenvalue weighted by Gasteiger charge is -2.07. The molecule has 4 nitrogen and oxygen atoms in total. The van der Waals surface area contributed by atoms with E-state index in [-0.39, 0.29) is 24.1 Å². The maximum absolute atomic E-state index is 12.9. The minimum absolute atomic E-state index is 0.112. The molecule has 0 saturated heterocycles. The Kier molecular flexibility index (Phi) is 5.63. The zero-order valence-corrected chi connectivity index (χ0v) is 12.4. The Morgan fingerprint density at radius 1 is 1.04 bits per heavy atom. The largest absolute Gasteiger partial charge is 0.484 e. The van der Waals surface area contributed by atoms with Crippen molar-refractivity contribution in [2.45, 2.75) is 0 Å². The summed E-state index contributed by atoms with van der Waals surface area (Å²) in [4.78, 5) is 23.6. The van der Waals surface area contributed by atoms with Crippen LogP contribution in [0.3, 0.4) is 0 Å². The highest BCUT2D eigenvalue weighted by Gasteiger charge is 2.09. The van der Waals surface area contributed by atoms with E-state index in [0.717, 1.165) is 0 Å². The van der Waals surface area contributed by atoms with Gasteiger partial charge in [0.2, 0.25) is 0 Å². The quantitative estimate of drug-likeness (QED) is 0.631. The predicted octanol–water partition coefficient (Wildman–Crippen LogP) is 2.74. The second-order valence-electron chi connectivity index (χ2n) is 4.74. The highest BCUT2D eigenvalue weighted by Crippen LogP contribution is 2.15. The molecule has 2 aromatic rings. The predicted molar refractivity (Wildman–Crippen MR) is 85.0 cm³/mol. The fourth-order valence-corrected chi connectivity index (χ4v) is 1.86. The molecule has 2 rings (SSSR count). The summed E-state index contributed by atoms with van der Waals surface area (Å²) in [6.45, 7) is 3.77. The summed E-state index contributed by atoms with van der Waals surface area (Å²) in [5.41, 5.74) is 0.865. The molecule has 1 amide bonds. The number of ketones is 1. The molecule has 0 unspecified atom stereocenters. The first-order valence-corrected chi connectivity index (χ1v) is 7.01. The van der Waals surface area contributed by atoms with E-state index >= 15 is 0 Å². The van der Waals surface area contributed by atoms with Gasteiger partial charge in [0.1, 0.15) is 11.6 Å². The smallest absolute Gasteiger partial charge is 0.258 e. The zero-order valence-electron chi connectivity index (χ0n) is 12.4. The number of hydrogen-bond acceptors (Lipinski definition) is 3. The third-order valence-corrected chi connectivity index (χ3v) is 3.04. The summed E-state index contributed by atoms with van der Waals surface area (Å²) in [5, 5.41) is 2.59. The summed E-state index contributed by atoms with van der Waals surface area (Å²) < 4.78 is 18.2. The van der Waals surface area contributed by atoms with Crippen molar-refractivity contribution in [3.05, 3.63) is 78.1 Å². The monoisotopic (exact) mass is 313 g/mol. The molecule has 0 saturated carbocycles. The van der Waals surface area contributed by atoms with Gasteiger partial charge in [-0.15, -0.1) is 6.58 Å². The summed E-state index contributed by atoms with van der Waals surface area (Å²) >= 11 is 0. The van der Waals surface area contributed by atoms with Crippen LogP contribution in [0.2, 0.25) is 0 Å². The summed E-state index contributed by atoms with van der Waals surface area (Å²) in [7, 11) is 0.